The summed E-state index contributed by atoms with van der Waals surface area (Å²) in [5.74, 6) is 0.377. The topological polar surface area (TPSA) is 106 Å². The molecule has 0 spiro atoms. The van der Waals surface area contributed by atoms with Gasteiger partial charge in [-0.05, 0) is 47.7 Å². The predicted octanol–water partition coefficient (Wildman–Crippen LogP) is 2.33. The highest BCUT2D eigenvalue weighted by Crippen LogP contribution is 2.20. The molecule has 0 amide bonds. The van der Waals surface area contributed by atoms with Crippen LogP contribution in [0.15, 0.2) is 58.3 Å². The number of rotatable bonds is 7. The van der Waals surface area contributed by atoms with E-state index in [9.17, 15) is 16.8 Å². The van der Waals surface area contributed by atoms with Crippen LogP contribution in [0, 0.1) is 0 Å². The van der Waals surface area contributed by atoms with Crippen LogP contribution in [0.5, 0.6) is 0 Å². The van der Waals surface area contributed by atoms with E-state index in [-0.39, 0.29) is 16.3 Å². The molecule has 0 bridgehead atoms. The second kappa shape index (κ2) is 7.65. The molecule has 6 nitrogen and oxygen atoms in total. The molecule has 0 aromatic heterocycles. The molecular weight excluding hydrogens is 360 g/mol. The molecule has 0 aliphatic heterocycles. The lowest BCUT2D eigenvalue weighted by Gasteiger charge is -2.11. The van der Waals surface area contributed by atoms with E-state index in [4.69, 9.17) is 5.14 Å². The van der Waals surface area contributed by atoms with Crippen LogP contribution in [0.2, 0.25) is 0 Å². The van der Waals surface area contributed by atoms with Crippen molar-refractivity contribution in [2.45, 2.75) is 42.5 Å². The third-order valence-electron chi connectivity index (χ3n) is 4.09. The van der Waals surface area contributed by atoms with Gasteiger partial charge in [0, 0.05) is 6.54 Å². The Morgan fingerprint density at radius 2 is 1.44 bits per heavy atom. The number of nitrogens with two attached hydrogens (primary N) is 1. The van der Waals surface area contributed by atoms with Crippen LogP contribution in [0.25, 0.3) is 0 Å². The third kappa shape index (κ3) is 5.12. The largest absolute Gasteiger partial charge is 0.240 e. The fraction of sp³-hybridized carbons (Fsp3) is 0.294. The van der Waals surface area contributed by atoms with Crippen LogP contribution in [-0.4, -0.2) is 16.8 Å². The van der Waals surface area contributed by atoms with Crippen LogP contribution in [0.3, 0.4) is 0 Å². The Balaban J connectivity index is 2.08. The smallest absolute Gasteiger partial charge is 0.225 e. The summed E-state index contributed by atoms with van der Waals surface area (Å²) in [6, 6.07) is 12.6. The van der Waals surface area contributed by atoms with E-state index in [0.717, 1.165) is 12.0 Å². The summed E-state index contributed by atoms with van der Waals surface area (Å²) in [4.78, 5) is 0.181. The molecule has 3 N–H and O–H groups in total. The van der Waals surface area contributed by atoms with Gasteiger partial charge in [-0.3, -0.25) is 0 Å². The van der Waals surface area contributed by atoms with Gasteiger partial charge in [0.2, 0.25) is 20.0 Å². The van der Waals surface area contributed by atoms with Crippen LogP contribution in [0.4, 0.5) is 0 Å². The van der Waals surface area contributed by atoms with Gasteiger partial charge < -0.3 is 0 Å². The maximum atomic E-state index is 12.4. The second-order valence-electron chi connectivity index (χ2n) is 5.89. The first-order valence-electron chi connectivity index (χ1n) is 7.85. The fourth-order valence-corrected chi connectivity index (χ4v) is 3.80. The van der Waals surface area contributed by atoms with Crippen LogP contribution >= 0.6 is 0 Å². The zero-order chi connectivity index (χ0) is 18.7. The molecule has 2 rings (SSSR count). The lowest BCUT2D eigenvalue weighted by atomic mass is 9.99. The Labute approximate surface area is 149 Å². The zero-order valence-corrected chi connectivity index (χ0v) is 15.8. The quantitative estimate of drug-likeness (QED) is 0.766. The molecule has 0 aliphatic rings. The number of benzene rings is 2. The van der Waals surface area contributed by atoms with Crippen molar-refractivity contribution in [2.75, 3.05) is 0 Å². The van der Waals surface area contributed by atoms with Gasteiger partial charge in [-0.2, -0.15) is 0 Å². The average Bonchev–Trinajstić information content (AvgIpc) is 2.59. The summed E-state index contributed by atoms with van der Waals surface area (Å²) in [5.41, 5.74) is 1.73. The molecule has 136 valence electrons. The van der Waals surface area contributed by atoms with Crippen molar-refractivity contribution in [2.24, 2.45) is 5.14 Å². The van der Waals surface area contributed by atoms with E-state index in [1.54, 1.807) is 12.1 Å². The minimum atomic E-state index is -3.76. The lowest BCUT2D eigenvalue weighted by molar-refractivity contribution is 0.580. The van der Waals surface area contributed by atoms with Crippen LogP contribution in [0.1, 0.15) is 37.3 Å². The van der Waals surface area contributed by atoms with Crippen molar-refractivity contribution < 1.29 is 16.8 Å². The van der Waals surface area contributed by atoms with Gasteiger partial charge in [-0.25, -0.2) is 26.7 Å². The highest BCUT2D eigenvalue weighted by molar-refractivity contribution is 7.89. The van der Waals surface area contributed by atoms with Crippen molar-refractivity contribution in [1.29, 1.82) is 0 Å². The summed E-state index contributed by atoms with van der Waals surface area (Å²) in [7, 11) is -7.40. The molecule has 0 saturated heterocycles. The molecule has 25 heavy (non-hydrogen) atoms. The van der Waals surface area contributed by atoms with Crippen molar-refractivity contribution in [3.63, 3.8) is 0 Å². The SMILES string of the molecule is CC[C@H](C)c1ccc(S(=O)(=O)NCc2ccc(S(N)(=O)=O)cc2)cc1. The minimum Gasteiger partial charge on any atom is -0.225 e. The molecule has 0 saturated carbocycles. The van der Waals surface area contributed by atoms with Gasteiger partial charge >= 0.3 is 0 Å². The first-order valence-corrected chi connectivity index (χ1v) is 10.9. The van der Waals surface area contributed by atoms with Gasteiger partial charge in [0.05, 0.1) is 9.79 Å². The van der Waals surface area contributed by atoms with E-state index in [2.05, 4.69) is 18.6 Å². The third-order valence-corrected chi connectivity index (χ3v) is 6.44. The van der Waals surface area contributed by atoms with Gasteiger partial charge in [0.15, 0.2) is 0 Å². The van der Waals surface area contributed by atoms with Gasteiger partial charge in [-0.1, -0.05) is 38.1 Å². The fourth-order valence-electron chi connectivity index (χ4n) is 2.27. The minimum absolute atomic E-state index is 0.0141. The van der Waals surface area contributed by atoms with Crippen molar-refractivity contribution in [1.82, 2.24) is 4.72 Å². The van der Waals surface area contributed by atoms with E-state index in [1.165, 1.54) is 24.3 Å². The summed E-state index contributed by atoms with van der Waals surface area (Å²) in [5, 5.41) is 5.03. The predicted molar refractivity (Wildman–Crippen MR) is 97.0 cm³/mol. The molecule has 0 heterocycles. The summed E-state index contributed by atoms with van der Waals surface area (Å²) in [6.07, 6.45) is 0.985. The second-order valence-corrected chi connectivity index (χ2v) is 9.22. The number of primary sulfonamides is 1. The number of nitrogens with one attached hydrogen (secondary N) is 1. The van der Waals surface area contributed by atoms with Gasteiger partial charge in [0.25, 0.3) is 0 Å². The Morgan fingerprint density at radius 3 is 1.92 bits per heavy atom. The standard InChI is InChI=1S/C17H22N2O4S2/c1-3-13(2)15-6-10-17(11-7-15)25(22,23)19-12-14-4-8-16(9-5-14)24(18,20)21/h4-11,13,19H,3,12H2,1-2H3,(H2,18,20,21)/t13-/m0/s1. The highest BCUT2D eigenvalue weighted by atomic mass is 32.2. The first-order chi connectivity index (χ1) is 11.6. The Bertz CT molecular complexity index is 920. The average molecular weight is 383 g/mol. The molecule has 0 aliphatic carbocycles. The van der Waals surface area contributed by atoms with Crippen molar-refractivity contribution in [3.8, 4) is 0 Å². The van der Waals surface area contributed by atoms with E-state index >= 15 is 0 Å². The summed E-state index contributed by atoms with van der Waals surface area (Å²) >= 11 is 0. The monoisotopic (exact) mass is 382 g/mol. The normalized spacial score (nSPS) is 13.6. The Morgan fingerprint density at radius 1 is 0.920 bits per heavy atom. The number of sulfonamides is 2. The Kier molecular flexibility index (Phi) is 5.99. The number of hydrogen-bond donors (Lipinski definition) is 2. The van der Waals surface area contributed by atoms with E-state index in [1.807, 2.05) is 12.1 Å². The van der Waals surface area contributed by atoms with Gasteiger partial charge in [-0.15, -0.1) is 0 Å². The van der Waals surface area contributed by atoms with Crippen LogP contribution in [-0.2, 0) is 26.6 Å². The first kappa shape index (κ1) is 19.6. The van der Waals surface area contributed by atoms with E-state index in [0.29, 0.717) is 11.5 Å². The molecule has 2 aromatic rings. The number of hydrogen-bond acceptors (Lipinski definition) is 4. The van der Waals surface area contributed by atoms with Crippen molar-refractivity contribution in [3.05, 3.63) is 59.7 Å². The Hall–Kier alpha value is -1.74. The zero-order valence-electron chi connectivity index (χ0n) is 14.1. The molecule has 0 radical (unpaired) electrons. The molecule has 2 aromatic carbocycles. The summed E-state index contributed by atoms with van der Waals surface area (Å²) in [6.45, 7) is 4.23. The molecular formula is C17H22N2O4S2. The maximum absolute atomic E-state index is 12.4. The summed E-state index contributed by atoms with van der Waals surface area (Å²) < 4.78 is 49.6. The molecule has 0 unspecified atom stereocenters. The maximum Gasteiger partial charge on any atom is 0.240 e. The van der Waals surface area contributed by atoms with Crippen LogP contribution < -0.4 is 9.86 Å². The highest BCUT2D eigenvalue weighted by Gasteiger charge is 2.15. The van der Waals surface area contributed by atoms with Crippen molar-refractivity contribution >= 4 is 20.0 Å². The van der Waals surface area contributed by atoms with E-state index < -0.39 is 20.0 Å². The van der Waals surface area contributed by atoms with Gasteiger partial charge in [0.1, 0.15) is 0 Å². The molecule has 1 atom stereocenters. The molecule has 8 heteroatoms. The lowest BCUT2D eigenvalue weighted by Crippen LogP contribution is -2.23. The molecule has 0 fully saturated rings.